The number of alkyl carbamates (subject to hydrolysis) is 1. The number of benzene rings is 3. The molecule has 0 bridgehead atoms. The van der Waals surface area contributed by atoms with Gasteiger partial charge in [0.25, 0.3) is 0 Å². The molecule has 8 heteroatoms. The maximum atomic E-state index is 12.5. The Bertz CT molecular complexity index is 1210. The quantitative estimate of drug-likeness (QED) is 0.388. The second-order valence-corrected chi connectivity index (χ2v) is 8.77. The van der Waals surface area contributed by atoms with Gasteiger partial charge < -0.3 is 25.8 Å². The number of anilines is 1. The lowest BCUT2D eigenvalue weighted by Crippen LogP contribution is -2.50. The highest BCUT2D eigenvalue weighted by molar-refractivity contribution is 5.97. The molecular formula is C28H29N3O5. The number of hydrogen-bond acceptors (Lipinski definition) is 5. The summed E-state index contributed by atoms with van der Waals surface area (Å²) in [4.78, 5) is 37.4. The second kappa shape index (κ2) is 11.0. The van der Waals surface area contributed by atoms with Crippen LogP contribution in [0.25, 0.3) is 11.1 Å². The zero-order valence-electron chi connectivity index (χ0n) is 20.2. The summed E-state index contributed by atoms with van der Waals surface area (Å²) in [7, 11) is 0. The zero-order chi connectivity index (χ0) is 25.7. The topological polar surface area (TPSA) is 117 Å². The van der Waals surface area contributed by atoms with Gasteiger partial charge in [-0.2, -0.15) is 0 Å². The van der Waals surface area contributed by atoms with Crippen molar-refractivity contribution in [1.82, 2.24) is 10.6 Å². The number of fused-ring (bicyclic) bond motifs is 3. The summed E-state index contributed by atoms with van der Waals surface area (Å²) in [5.74, 6) is -1.00. The van der Waals surface area contributed by atoms with Crippen LogP contribution in [0.1, 0.15) is 36.5 Å². The Balaban J connectivity index is 1.27. The Kier molecular flexibility index (Phi) is 7.65. The van der Waals surface area contributed by atoms with Crippen molar-refractivity contribution in [2.24, 2.45) is 0 Å². The second-order valence-electron chi connectivity index (χ2n) is 8.77. The first-order valence-electron chi connectivity index (χ1n) is 11.8. The molecule has 2 atom stereocenters. The van der Waals surface area contributed by atoms with Crippen molar-refractivity contribution < 1.29 is 24.2 Å². The summed E-state index contributed by atoms with van der Waals surface area (Å²) in [6.07, 6.45) is -0.708. The van der Waals surface area contributed by atoms with Crippen molar-refractivity contribution in [2.75, 3.05) is 11.9 Å². The average Bonchev–Trinajstić information content (AvgIpc) is 3.21. The molecule has 0 aromatic heterocycles. The minimum absolute atomic E-state index is 0.0811. The van der Waals surface area contributed by atoms with Crippen molar-refractivity contribution in [3.05, 3.63) is 89.5 Å². The van der Waals surface area contributed by atoms with Gasteiger partial charge in [-0.1, -0.05) is 60.7 Å². The first-order valence-corrected chi connectivity index (χ1v) is 11.8. The van der Waals surface area contributed by atoms with Gasteiger partial charge in [0.15, 0.2) is 0 Å². The van der Waals surface area contributed by atoms with Crippen LogP contribution in [0.3, 0.4) is 0 Å². The third-order valence-electron chi connectivity index (χ3n) is 6.23. The molecule has 0 spiro atoms. The molecule has 36 heavy (non-hydrogen) atoms. The Labute approximate surface area is 209 Å². The molecular weight excluding hydrogens is 458 g/mol. The average molecular weight is 488 g/mol. The maximum Gasteiger partial charge on any atom is 0.407 e. The number of carbonyl (C=O) groups excluding carboxylic acids is 3. The molecule has 8 nitrogen and oxygen atoms in total. The largest absolute Gasteiger partial charge is 0.449 e. The highest BCUT2D eigenvalue weighted by Gasteiger charge is 2.29. The summed E-state index contributed by atoms with van der Waals surface area (Å²) in [5.41, 5.74) is 5.73. The van der Waals surface area contributed by atoms with Crippen LogP contribution in [-0.4, -0.2) is 41.7 Å². The number of rotatable bonds is 8. The summed E-state index contributed by atoms with van der Waals surface area (Å²) >= 11 is 0. The van der Waals surface area contributed by atoms with Crippen LogP contribution in [-0.2, 0) is 20.9 Å². The summed E-state index contributed by atoms with van der Waals surface area (Å²) in [6, 6.07) is 21.1. The lowest BCUT2D eigenvalue weighted by molar-refractivity contribution is -0.127. The van der Waals surface area contributed by atoms with Gasteiger partial charge in [0.1, 0.15) is 18.7 Å². The molecule has 1 aliphatic carbocycles. The van der Waals surface area contributed by atoms with E-state index >= 15 is 0 Å². The standard InChI is InChI=1S/C28H29N3O5/c1-17(27(34)31-20-13-11-19(15-32)12-14-20)29-26(33)18(2)30-28(35)36-16-25-23-9-5-3-7-21(23)22-8-4-6-10-24(22)25/h3-14,17-18,25,32H,15-16H2,1-2H3,(H,29,33)(H,30,35)(H,31,34). The van der Waals surface area contributed by atoms with Crippen molar-refractivity contribution in [2.45, 2.75) is 38.5 Å². The van der Waals surface area contributed by atoms with Gasteiger partial charge in [0.2, 0.25) is 11.8 Å². The van der Waals surface area contributed by atoms with E-state index in [0.717, 1.165) is 27.8 Å². The molecule has 0 aliphatic heterocycles. The maximum absolute atomic E-state index is 12.5. The van der Waals surface area contributed by atoms with E-state index in [2.05, 4.69) is 28.1 Å². The predicted molar refractivity (Wildman–Crippen MR) is 136 cm³/mol. The van der Waals surface area contributed by atoms with Crippen LogP contribution in [0.4, 0.5) is 10.5 Å². The van der Waals surface area contributed by atoms with E-state index in [4.69, 9.17) is 9.84 Å². The Morgan fingerprint density at radius 1 is 0.806 bits per heavy atom. The van der Waals surface area contributed by atoms with Crippen molar-refractivity contribution in [1.29, 1.82) is 0 Å². The van der Waals surface area contributed by atoms with Gasteiger partial charge in [0.05, 0.1) is 6.61 Å². The smallest absolute Gasteiger partial charge is 0.407 e. The van der Waals surface area contributed by atoms with Gasteiger partial charge in [0, 0.05) is 11.6 Å². The molecule has 0 saturated heterocycles. The molecule has 3 amide bonds. The molecule has 4 rings (SSSR count). The number of hydrogen-bond donors (Lipinski definition) is 4. The molecule has 186 valence electrons. The number of aliphatic hydroxyl groups excluding tert-OH is 1. The number of amides is 3. The summed E-state index contributed by atoms with van der Waals surface area (Å²) in [5, 5.41) is 16.9. The fourth-order valence-corrected chi connectivity index (χ4v) is 4.23. The van der Waals surface area contributed by atoms with Gasteiger partial charge in [-0.15, -0.1) is 0 Å². The lowest BCUT2D eigenvalue weighted by Gasteiger charge is -2.19. The van der Waals surface area contributed by atoms with E-state index < -0.39 is 30.0 Å². The summed E-state index contributed by atoms with van der Waals surface area (Å²) < 4.78 is 5.48. The minimum atomic E-state index is -0.903. The van der Waals surface area contributed by atoms with E-state index in [1.165, 1.54) is 6.92 Å². The third kappa shape index (κ3) is 5.55. The molecule has 4 N–H and O–H groups in total. The van der Waals surface area contributed by atoms with Crippen LogP contribution in [0.5, 0.6) is 0 Å². The Morgan fingerprint density at radius 3 is 1.94 bits per heavy atom. The molecule has 2 unspecified atom stereocenters. The third-order valence-corrected chi connectivity index (χ3v) is 6.23. The Hall–Kier alpha value is -4.17. The molecule has 3 aromatic carbocycles. The predicted octanol–water partition coefficient (Wildman–Crippen LogP) is 3.55. The minimum Gasteiger partial charge on any atom is -0.449 e. The van der Waals surface area contributed by atoms with Crippen molar-refractivity contribution >= 4 is 23.6 Å². The van der Waals surface area contributed by atoms with E-state index in [0.29, 0.717) is 5.69 Å². The van der Waals surface area contributed by atoms with Gasteiger partial charge in [-0.25, -0.2) is 4.79 Å². The molecule has 0 saturated carbocycles. The van der Waals surface area contributed by atoms with E-state index in [1.54, 1.807) is 31.2 Å². The van der Waals surface area contributed by atoms with Gasteiger partial charge in [-0.3, -0.25) is 9.59 Å². The highest BCUT2D eigenvalue weighted by atomic mass is 16.5. The summed E-state index contributed by atoms with van der Waals surface area (Å²) in [6.45, 7) is 3.13. The highest BCUT2D eigenvalue weighted by Crippen LogP contribution is 2.44. The fraction of sp³-hybridized carbons (Fsp3) is 0.250. The normalized spacial score (nSPS) is 13.6. The van der Waals surface area contributed by atoms with Crippen LogP contribution in [0, 0.1) is 0 Å². The van der Waals surface area contributed by atoms with E-state index in [9.17, 15) is 14.4 Å². The van der Waals surface area contributed by atoms with E-state index in [-0.39, 0.29) is 19.1 Å². The number of carbonyl (C=O) groups is 3. The van der Waals surface area contributed by atoms with Crippen LogP contribution in [0.2, 0.25) is 0 Å². The van der Waals surface area contributed by atoms with Crippen molar-refractivity contribution in [3.63, 3.8) is 0 Å². The van der Waals surface area contributed by atoms with Crippen LogP contribution < -0.4 is 16.0 Å². The monoisotopic (exact) mass is 487 g/mol. The lowest BCUT2D eigenvalue weighted by atomic mass is 9.98. The zero-order valence-corrected chi connectivity index (χ0v) is 20.2. The van der Waals surface area contributed by atoms with E-state index in [1.807, 2.05) is 36.4 Å². The molecule has 3 aromatic rings. The molecule has 0 heterocycles. The molecule has 1 aliphatic rings. The molecule has 0 fully saturated rings. The first-order chi connectivity index (χ1) is 17.4. The Morgan fingerprint density at radius 2 is 1.36 bits per heavy atom. The number of aliphatic hydroxyl groups is 1. The molecule has 0 radical (unpaired) electrons. The van der Waals surface area contributed by atoms with Crippen LogP contribution in [0.15, 0.2) is 72.8 Å². The SMILES string of the molecule is CC(NC(=O)OCC1c2ccccc2-c2ccccc21)C(=O)NC(C)C(=O)Nc1ccc(CO)cc1. The van der Waals surface area contributed by atoms with Gasteiger partial charge >= 0.3 is 6.09 Å². The first kappa shape index (κ1) is 24.9. The van der Waals surface area contributed by atoms with Crippen molar-refractivity contribution in [3.8, 4) is 11.1 Å². The fourth-order valence-electron chi connectivity index (χ4n) is 4.23. The number of nitrogens with one attached hydrogen (secondary N) is 3. The van der Waals surface area contributed by atoms with Crippen LogP contribution >= 0.6 is 0 Å². The van der Waals surface area contributed by atoms with Gasteiger partial charge in [-0.05, 0) is 53.8 Å². The number of ether oxygens (including phenoxy) is 1.